The highest BCUT2D eigenvalue weighted by molar-refractivity contribution is 5.80. The zero-order chi connectivity index (χ0) is 24.8. The molecular weight excluding hydrogens is 444 g/mol. The highest BCUT2D eigenvalue weighted by Gasteiger charge is 2.38. The molecule has 35 heavy (non-hydrogen) atoms. The number of carbonyl (C=O) groups excluding carboxylic acids is 2. The molecule has 2 aliphatic carbocycles. The van der Waals surface area contributed by atoms with Crippen LogP contribution in [-0.2, 0) is 14.3 Å². The predicted molar refractivity (Wildman–Crippen MR) is 133 cm³/mol. The molecule has 3 N–H and O–H groups in total. The summed E-state index contributed by atoms with van der Waals surface area (Å²) in [6.07, 6.45) is 3.77. The maximum absolute atomic E-state index is 12.9. The molecule has 1 atom stereocenters. The molecule has 0 aliphatic heterocycles. The minimum atomic E-state index is -0.832. The Morgan fingerprint density at radius 1 is 1.03 bits per heavy atom. The first-order chi connectivity index (χ1) is 16.9. The van der Waals surface area contributed by atoms with E-state index < -0.39 is 17.6 Å². The summed E-state index contributed by atoms with van der Waals surface area (Å²) in [6, 6.07) is 16.4. The van der Waals surface area contributed by atoms with E-state index in [0.717, 1.165) is 36.8 Å². The van der Waals surface area contributed by atoms with Gasteiger partial charge in [0.25, 0.3) is 0 Å². The number of carboxylic acids is 1. The first-order valence-electron chi connectivity index (χ1n) is 12.5. The molecule has 0 aromatic heterocycles. The van der Waals surface area contributed by atoms with Crippen LogP contribution in [0.15, 0.2) is 48.5 Å². The van der Waals surface area contributed by atoms with Crippen LogP contribution in [-0.4, -0.2) is 41.8 Å². The fourth-order valence-corrected chi connectivity index (χ4v) is 5.48. The van der Waals surface area contributed by atoms with Crippen LogP contribution in [0.2, 0.25) is 0 Å². The number of hydrogen-bond donors (Lipinski definition) is 3. The number of ether oxygens (including phenoxy) is 1. The molecule has 0 bridgehead atoms. The first-order valence-corrected chi connectivity index (χ1v) is 12.5. The quantitative estimate of drug-likeness (QED) is 0.453. The second-order valence-corrected chi connectivity index (χ2v) is 9.96. The van der Waals surface area contributed by atoms with E-state index in [0.29, 0.717) is 13.0 Å². The van der Waals surface area contributed by atoms with Crippen molar-refractivity contribution in [2.75, 3.05) is 13.2 Å². The summed E-state index contributed by atoms with van der Waals surface area (Å²) in [6.45, 7) is 2.52. The van der Waals surface area contributed by atoms with Gasteiger partial charge in [-0.25, -0.2) is 4.79 Å². The van der Waals surface area contributed by atoms with E-state index in [2.05, 4.69) is 34.9 Å². The van der Waals surface area contributed by atoms with Gasteiger partial charge < -0.3 is 20.5 Å². The Hall–Kier alpha value is -3.35. The van der Waals surface area contributed by atoms with Crippen LogP contribution in [0.4, 0.5) is 4.79 Å². The van der Waals surface area contributed by atoms with Crippen molar-refractivity contribution in [1.29, 1.82) is 0 Å². The SMILES string of the molecule is CC(CCNC(=O)CC1(NC(=O)OCC2c3ccccc3-c3ccccc32)CCCC1)CC(=O)O. The van der Waals surface area contributed by atoms with E-state index in [-0.39, 0.29) is 37.2 Å². The summed E-state index contributed by atoms with van der Waals surface area (Å²) in [5, 5.41) is 14.8. The number of alkyl carbamates (subject to hydrolysis) is 1. The molecule has 4 rings (SSSR count). The number of nitrogens with one attached hydrogen (secondary N) is 2. The minimum absolute atomic E-state index is 0.00723. The Morgan fingerprint density at radius 2 is 1.63 bits per heavy atom. The lowest BCUT2D eigenvalue weighted by molar-refractivity contribution is -0.138. The molecule has 0 radical (unpaired) electrons. The fraction of sp³-hybridized carbons (Fsp3) is 0.464. The molecule has 1 unspecified atom stereocenters. The maximum Gasteiger partial charge on any atom is 0.407 e. The number of carbonyl (C=O) groups is 3. The third-order valence-corrected chi connectivity index (χ3v) is 7.25. The summed E-state index contributed by atoms with van der Waals surface area (Å²) < 4.78 is 5.72. The average molecular weight is 479 g/mol. The van der Waals surface area contributed by atoms with Crippen LogP contribution in [0.1, 0.15) is 68.9 Å². The van der Waals surface area contributed by atoms with Gasteiger partial charge in [-0.2, -0.15) is 0 Å². The summed E-state index contributed by atoms with van der Waals surface area (Å²) in [5.74, 6) is -0.981. The second-order valence-electron chi connectivity index (χ2n) is 9.96. The number of aliphatic carboxylic acids is 1. The van der Waals surface area contributed by atoms with Gasteiger partial charge in [0.2, 0.25) is 5.91 Å². The number of rotatable bonds is 10. The lowest BCUT2D eigenvalue weighted by atomic mass is 9.93. The van der Waals surface area contributed by atoms with Crippen LogP contribution in [0.3, 0.4) is 0 Å². The van der Waals surface area contributed by atoms with Crippen molar-refractivity contribution >= 4 is 18.0 Å². The third kappa shape index (κ3) is 6.02. The summed E-state index contributed by atoms with van der Waals surface area (Å²) in [5.41, 5.74) is 4.08. The molecule has 7 nitrogen and oxygen atoms in total. The molecule has 2 amide bonds. The van der Waals surface area contributed by atoms with Gasteiger partial charge in [-0.3, -0.25) is 9.59 Å². The van der Waals surface area contributed by atoms with Crippen molar-refractivity contribution in [1.82, 2.24) is 10.6 Å². The van der Waals surface area contributed by atoms with Crippen molar-refractivity contribution in [3.8, 4) is 11.1 Å². The number of fused-ring (bicyclic) bond motifs is 3. The van der Waals surface area contributed by atoms with E-state index in [9.17, 15) is 14.4 Å². The van der Waals surface area contributed by atoms with Crippen LogP contribution >= 0.6 is 0 Å². The van der Waals surface area contributed by atoms with Gasteiger partial charge in [0, 0.05) is 25.3 Å². The highest BCUT2D eigenvalue weighted by Crippen LogP contribution is 2.44. The molecular formula is C28H34N2O5. The zero-order valence-electron chi connectivity index (χ0n) is 20.2. The molecule has 1 saturated carbocycles. The lowest BCUT2D eigenvalue weighted by Gasteiger charge is -2.29. The lowest BCUT2D eigenvalue weighted by Crippen LogP contribution is -2.49. The van der Waals surface area contributed by atoms with Crippen molar-refractivity contribution < 1.29 is 24.2 Å². The van der Waals surface area contributed by atoms with Gasteiger partial charge in [-0.05, 0) is 47.4 Å². The molecule has 0 heterocycles. The van der Waals surface area contributed by atoms with E-state index in [1.54, 1.807) is 0 Å². The van der Waals surface area contributed by atoms with Gasteiger partial charge >= 0.3 is 12.1 Å². The monoisotopic (exact) mass is 478 g/mol. The van der Waals surface area contributed by atoms with Crippen LogP contribution in [0, 0.1) is 5.92 Å². The molecule has 2 aromatic rings. The second kappa shape index (κ2) is 10.9. The Labute approximate surface area is 206 Å². The molecule has 7 heteroatoms. The molecule has 186 valence electrons. The van der Waals surface area contributed by atoms with Crippen molar-refractivity contribution in [2.45, 2.75) is 63.3 Å². The predicted octanol–water partition coefficient (Wildman–Crippen LogP) is 4.85. The molecule has 0 saturated heterocycles. The van der Waals surface area contributed by atoms with Crippen molar-refractivity contribution in [2.24, 2.45) is 5.92 Å². The van der Waals surface area contributed by atoms with Gasteiger partial charge in [-0.15, -0.1) is 0 Å². The summed E-state index contributed by atoms with van der Waals surface area (Å²) >= 11 is 0. The Balaban J connectivity index is 1.32. The number of hydrogen-bond acceptors (Lipinski definition) is 4. The minimum Gasteiger partial charge on any atom is -0.481 e. The van der Waals surface area contributed by atoms with Gasteiger partial charge in [-0.1, -0.05) is 68.3 Å². The maximum atomic E-state index is 12.9. The van der Waals surface area contributed by atoms with E-state index in [1.807, 2.05) is 31.2 Å². The van der Waals surface area contributed by atoms with Gasteiger partial charge in [0.15, 0.2) is 0 Å². The van der Waals surface area contributed by atoms with Crippen LogP contribution < -0.4 is 10.6 Å². The molecule has 2 aromatic carbocycles. The number of amides is 2. The topological polar surface area (TPSA) is 105 Å². The zero-order valence-corrected chi connectivity index (χ0v) is 20.2. The van der Waals surface area contributed by atoms with Crippen molar-refractivity contribution in [3.05, 3.63) is 59.7 Å². The highest BCUT2D eigenvalue weighted by atomic mass is 16.5. The summed E-state index contributed by atoms with van der Waals surface area (Å²) in [7, 11) is 0. The van der Waals surface area contributed by atoms with E-state index >= 15 is 0 Å². The Bertz CT molecular complexity index is 1030. The van der Waals surface area contributed by atoms with Crippen LogP contribution in [0.5, 0.6) is 0 Å². The normalized spacial score (nSPS) is 16.7. The van der Waals surface area contributed by atoms with Gasteiger partial charge in [0.05, 0.1) is 5.54 Å². The number of carboxylic acid groups (broad SMARTS) is 1. The molecule has 1 fully saturated rings. The first kappa shape index (κ1) is 24.8. The van der Waals surface area contributed by atoms with Crippen LogP contribution in [0.25, 0.3) is 11.1 Å². The molecule has 2 aliphatic rings. The van der Waals surface area contributed by atoms with Gasteiger partial charge in [0.1, 0.15) is 6.61 Å². The fourth-order valence-electron chi connectivity index (χ4n) is 5.48. The summed E-state index contributed by atoms with van der Waals surface area (Å²) in [4.78, 5) is 36.3. The largest absolute Gasteiger partial charge is 0.481 e. The van der Waals surface area contributed by atoms with Crippen molar-refractivity contribution in [3.63, 3.8) is 0 Å². The standard InChI is InChI=1S/C28H34N2O5/c1-19(16-26(32)33)12-15-29-25(31)17-28(13-6-7-14-28)30-27(34)35-18-24-22-10-4-2-8-20(22)21-9-3-5-11-23(21)24/h2-5,8-11,19,24H,6-7,12-18H2,1H3,(H,29,31)(H,30,34)(H,32,33). The van der Waals surface area contributed by atoms with E-state index in [4.69, 9.17) is 9.84 Å². The van der Waals surface area contributed by atoms with E-state index in [1.165, 1.54) is 11.1 Å². The Kier molecular flexibility index (Phi) is 7.73. The Morgan fingerprint density at radius 3 is 2.23 bits per heavy atom. The smallest absolute Gasteiger partial charge is 0.407 e. The molecule has 0 spiro atoms. The average Bonchev–Trinajstić information content (AvgIpc) is 3.39. The number of benzene rings is 2. The third-order valence-electron chi connectivity index (χ3n) is 7.25.